The topological polar surface area (TPSA) is 51.2 Å². The van der Waals surface area contributed by atoms with Crippen LogP contribution in [0.2, 0.25) is 0 Å². The van der Waals surface area contributed by atoms with Gasteiger partial charge < -0.3 is 10.1 Å². The molecular weight excluding hydrogens is 296 g/mol. The van der Waals surface area contributed by atoms with E-state index in [2.05, 4.69) is 30.2 Å². The van der Waals surface area contributed by atoms with Crippen LogP contribution in [-0.4, -0.2) is 17.0 Å². The van der Waals surface area contributed by atoms with Crippen molar-refractivity contribution in [1.82, 2.24) is 10.3 Å². The predicted octanol–water partition coefficient (Wildman–Crippen LogP) is 3.00. The van der Waals surface area contributed by atoms with E-state index in [4.69, 9.17) is 4.74 Å². The summed E-state index contributed by atoms with van der Waals surface area (Å²) in [6.07, 6.45) is 0.216. The molecule has 3 rings (SSSR count). The number of hydrogen-bond acceptors (Lipinski definition) is 4. The molecule has 0 unspecified atom stereocenters. The summed E-state index contributed by atoms with van der Waals surface area (Å²) in [5.74, 6) is 0.782. The normalized spacial score (nSPS) is 16.3. The molecule has 4 nitrogen and oxygen atoms in total. The van der Waals surface area contributed by atoms with Crippen molar-refractivity contribution in [2.24, 2.45) is 0 Å². The van der Waals surface area contributed by atoms with Gasteiger partial charge in [-0.2, -0.15) is 0 Å². The maximum absolute atomic E-state index is 12.3. The van der Waals surface area contributed by atoms with Crippen molar-refractivity contribution in [3.8, 4) is 5.75 Å². The van der Waals surface area contributed by atoms with Gasteiger partial charge in [0.1, 0.15) is 5.75 Å². The molecule has 2 aromatic rings. The van der Waals surface area contributed by atoms with E-state index in [9.17, 15) is 4.79 Å². The summed E-state index contributed by atoms with van der Waals surface area (Å²) in [6, 6.07) is 4.14. The van der Waals surface area contributed by atoms with E-state index >= 15 is 0 Å². The van der Waals surface area contributed by atoms with Crippen molar-refractivity contribution in [3.05, 3.63) is 44.4 Å². The lowest BCUT2D eigenvalue weighted by Crippen LogP contribution is -2.36. The molecule has 22 heavy (non-hydrogen) atoms. The van der Waals surface area contributed by atoms with E-state index < -0.39 is 6.10 Å². The van der Waals surface area contributed by atoms with Crippen LogP contribution in [-0.2, 0) is 17.8 Å². The van der Waals surface area contributed by atoms with Crippen LogP contribution in [0.3, 0.4) is 0 Å². The molecule has 1 N–H and O–H groups in total. The maximum Gasteiger partial charge on any atom is 0.261 e. The lowest BCUT2D eigenvalue weighted by molar-refractivity contribution is -0.127. The smallest absolute Gasteiger partial charge is 0.261 e. The number of thiazole rings is 1. The minimum absolute atomic E-state index is 0.0584. The fourth-order valence-electron chi connectivity index (χ4n) is 2.68. The van der Waals surface area contributed by atoms with Gasteiger partial charge in [-0.1, -0.05) is 6.07 Å². The average molecular weight is 316 g/mol. The molecule has 1 amide bonds. The van der Waals surface area contributed by atoms with Crippen LogP contribution in [0.1, 0.15) is 32.3 Å². The maximum atomic E-state index is 12.3. The zero-order chi connectivity index (χ0) is 15.9. The molecule has 0 saturated carbocycles. The fourth-order valence-corrected chi connectivity index (χ4v) is 3.56. The molecule has 1 atom stereocenters. The Balaban J connectivity index is 1.64. The summed E-state index contributed by atoms with van der Waals surface area (Å²) in [7, 11) is 0. The Bertz CT molecular complexity index is 706. The molecule has 1 aromatic heterocycles. The Hall–Kier alpha value is -1.88. The number of nitrogens with zero attached hydrogens (tertiary/aromatic N) is 1. The summed E-state index contributed by atoms with van der Waals surface area (Å²) in [4.78, 5) is 17.8. The highest BCUT2D eigenvalue weighted by molar-refractivity contribution is 7.11. The molecule has 0 aliphatic carbocycles. The van der Waals surface area contributed by atoms with E-state index in [-0.39, 0.29) is 5.91 Å². The van der Waals surface area contributed by atoms with Crippen LogP contribution in [0.5, 0.6) is 5.75 Å². The largest absolute Gasteiger partial charge is 0.480 e. The monoisotopic (exact) mass is 316 g/mol. The van der Waals surface area contributed by atoms with E-state index in [1.165, 1.54) is 11.1 Å². The van der Waals surface area contributed by atoms with E-state index in [1.807, 2.05) is 19.9 Å². The number of nitrogens with one attached hydrogen (secondary N) is 1. The third-order valence-electron chi connectivity index (χ3n) is 4.07. The second-order valence-corrected chi connectivity index (χ2v) is 7.10. The number of aryl methyl sites for hydroxylation is 4. The van der Waals surface area contributed by atoms with Crippen molar-refractivity contribution < 1.29 is 9.53 Å². The minimum Gasteiger partial charge on any atom is -0.480 e. The first-order valence-electron chi connectivity index (χ1n) is 7.41. The number of hydrogen-bond donors (Lipinski definition) is 1. The van der Waals surface area contributed by atoms with Gasteiger partial charge in [-0.15, -0.1) is 11.3 Å². The molecule has 1 aromatic carbocycles. The molecule has 1 aliphatic rings. The van der Waals surface area contributed by atoms with E-state index in [0.717, 1.165) is 26.9 Å². The number of rotatable bonds is 3. The molecule has 116 valence electrons. The van der Waals surface area contributed by atoms with Crippen molar-refractivity contribution >= 4 is 17.2 Å². The molecule has 2 heterocycles. The van der Waals surface area contributed by atoms with Crippen LogP contribution in [0, 0.1) is 27.7 Å². The molecule has 0 saturated heterocycles. The van der Waals surface area contributed by atoms with Crippen LogP contribution < -0.4 is 10.1 Å². The van der Waals surface area contributed by atoms with Gasteiger partial charge in [0.25, 0.3) is 5.91 Å². The quantitative estimate of drug-likeness (QED) is 0.947. The Morgan fingerprint density at radius 1 is 1.32 bits per heavy atom. The summed E-state index contributed by atoms with van der Waals surface area (Å²) in [6.45, 7) is 8.60. The summed E-state index contributed by atoms with van der Waals surface area (Å²) in [5.41, 5.74) is 4.53. The van der Waals surface area contributed by atoms with E-state index in [0.29, 0.717) is 13.0 Å². The van der Waals surface area contributed by atoms with Crippen molar-refractivity contribution in [3.63, 3.8) is 0 Å². The molecule has 0 fully saturated rings. The second kappa shape index (κ2) is 5.72. The predicted molar refractivity (Wildman–Crippen MR) is 87.5 cm³/mol. The lowest BCUT2D eigenvalue weighted by Gasteiger charge is -2.11. The zero-order valence-electron chi connectivity index (χ0n) is 13.3. The molecule has 0 bridgehead atoms. The highest BCUT2D eigenvalue weighted by Gasteiger charge is 2.29. The number of benzene rings is 1. The number of ether oxygens (including phenoxy) is 1. The first kappa shape index (κ1) is 15.0. The summed E-state index contributed by atoms with van der Waals surface area (Å²) in [5, 5.41) is 3.99. The van der Waals surface area contributed by atoms with Gasteiger partial charge in [0, 0.05) is 11.3 Å². The van der Waals surface area contributed by atoms with Crippen molar-refractivity contribution in [2.75, 3.05) is 0 Å². The van der Waals surface area contributed by atoms with Gasteiger partial charge in [0.15, 0.2) is 6.10 Å². The Morgan fingerprint density at radius 3 is 2.73 bits per heavy atom. The minimum atomic E-state index is -0.425. The number of amides is 1. The Labute approximate surface area is 134 Å². The second-order valence-electron chi connectivity index (χ2n) is 5.81. The molecule has 1 aliphatic heterocycles. The lowest BCUT2D eigenvalue weighted by atomic mass is 10.0. The molecule has 0 radical (unpaired) electrons. The van der Waals surface area contributed by atoms with Gasteiger partial charge in [0.05, 0.1) is 17.2 Å². The van der Waals surface area contributed by atoms with Gasteiger partial charge >= 0.3 is 0 Å². The number of aromatic nitrogens is 1. The fraction of sp³-hybridized carbons (Fsp3) is 0.412. The van der Waals surface area contributed by atoms with Crippen molar-refractivity contribution in [1.29, 1.82) is 0 Å². The van der Waals surface area contributed by atoms with Gasteiger partial charge in [-0.3, -0.25) is 4.79 Å². The van der Waals surface area contributed by atoms with Gasteiger partial charge in [-0.25, -0.2) is 4.98 Å². The van der Waals surface area contributed by atoms with Gasteiger partial charge in [-0.05, 0) is 50.5 Å². The van der Waals surface area contributed by atoms with Crippen LogP contribution >= 0.6 is 11.3 Å². The molecule has 5 heteroatoms. The first-order valence-corrected chi connectivity index (χ1v) is 8.23. The Morgan fingerprint density at radius 2 is 2.05 bits per heavy atom. The van der Waals surface area contributed by atoms with E-state index in [1.54, 1.807) is 11.3 Å². The SMILES string of the molecule is Cc1nc(C)c(CNC(=O)[C@H]2Cc3cc(C)c(C)cc3O2)s1. The number of carbonyl (C=O) groups excluding carboxylic acids is 1. The van der Waals surface area contributed by atoms with Crippen LogP contribution in [0.15, 0.2) is 12.1 Å². The number of fused-ring (bicyclic) bond motifs is 1. The standard InChI is InChI=1S/C17H20N2O2S/c1-9-5-13-7-15(21-14(13)6-10(9)2)17(20)18-8-16-11(3)19-12(4)22-16/h5-6,15H,7-8H2,1-4H3,(H,18,20)/t15-/m1/s1. The first-order chi connectivity index (χ1) is 10.4. The Kier molecular flexibility index (Phi) is 3.91. The van der Waals surface area contributed by atoms with Gasteiger partial charge in [0.2, 0.25) is 0 Å². The summed E-state index contributed by atoms with van der Waals surface area (Å²) < 4.78 is 5.80. The highest BCUT2D eigenvalue weighted by atomic mass is 32.1. The average Bonchev–Trinajstić information content (AvgIpc) is 2.99. The molecule has 0 spiro atoms. The third kappa shape index (κ3) is 2.86. The number of carbonyl (C=O) groups is 1. The molecular formula is C17H20N2O2S. The third-order valence-corrected chi connectivity index (χ3v) is 5.14. The summed E-state index contributed by atoms with van der Waals surface area (Å²) >= 11 is 1.62. The zero-order valence-corrected chi connectivity index (χ0v) is 14.1. The van der Waals surface area contributed by atoms with Crippen LogP contribution in [0.4, 0.5) is 0 Å². The van der Waals surface area contributed by atoms with Crippen molar-refractivity contribution in [2.45, 2.75) is 46.8 Å². The van der Waals surface area contributed by atoms with Crippen LogP contribution in [0.25, 0.3) is 0 Å². The highest BCUT2D eigenvalue weighted by Crippen LogP contribution is 2.31.